The Bertz CT molecular complexity index is 1090. The Morgan fingerprint density at radius 1 is 1.07 bits per heavy atom. The normalized spacial score (nSPS) is 16.3. The molecule has 0 saturated carbocycles. The molecule has 2 aromatic carbocycles. The molecule has 4 nitrogen and oxygen atoms in total. The van der Waals surface area contributed by atoms with Gasteiger partial charge in [0.2, 0.25) is 0 Å². The average molecular weight is 362 g/mol. The van der Waals surface area contributed by atoms with Crippen LogP contribution in [0.15, 0.2) is 45.6 Å². The lowest BCUT2D eigenvalue weighted by Crippen LogP contribution is -2.22. The summed E-state index contributed by atoms with van der Waals surface area (Å²) in [6.07, 6.45) is 1.58. The summed E-state index contributed by atoms with van der Waals surface area (Å²) < 4.78 is 11.8. The van der Waals surface area contributed by atoms with E-state index >= 15 is 0 Å². The number of carbonyl (C=O) groups excluding carboxylic acids is 1. The largest absolute Gasteiger partial charge is 0.484 e. The van der Waals surface area contributed by atoms with Gasteiger partial charge in [0, 0.05) is 6.07 Å². The zero-order valence-corrected chi connectivity index (χ0v) is 15.8. The molecule has 0 fully saturated rings. The maximum absolute atomic E-state index is 13.0. The predicted molar refractivity (Wildman–Crippen MR) is 105 cm³/mol. The molecule has 1 aromatic heterocycles. The van der Waals surface area contributed by atoms with Gasteiger partial charge < -0.3 is 9.15 Å². The van der Waals surface area contributed by atoms with Crippen molar-refractivity contribution in [3.63, 3.8) is 0 Å². The number of ketones is 1. The minimum Gasteiger partial charge on any atom is -0.484 e. The number of hydrogen-bond donors (Lipinski definition) is 0. The van der Waals surface area contributed by atoms with Crippen LogP contribution in [-0.4, -0.2) is 5.78 Å². The minimum atomic E-state index is -0.373. The number of ether oxygens (including phenoxy) is 1. The molecule has 2 heterocycles. The summed E-state index contributed by atoms with van der Waals surface area (Å²) in [5.41, 5.74) is 4.51. The Labute approximate surface area is 157 Å². The van der Waals surface area contributed by atoms with Crippen molar-refractivity contribution in [3.8, 4) is 5.75 Å². The van der Waals surface area contributed by atoms with E-state index in [2.05, 4.69) is 6.92 Å². The Morgan fingerprint density at radius 3 is 2.52 bits per heavy atom. The molecule has 0 spiro atoms. The molecule has 1 aliphatic rings. The second-order valence-electron chi connectivity index (χ2n) is 7.26. The fourth-order valence-corrected chi connectivity index (χ4v) is 3.85. The van der Waals surface area contributed by atoms with Crippen LogP contribution < -0.4 is 10.4 Å². The first kappa shape index (κ1) is 17.5. The highest BCUT2D eigenvalue weighted by Gasteiger charge is 2.32. The van der Waals surface area contributed by atoms with Gasteiger partial charge in [-0.05, 0) is 43.0 Å². The molecule has 4 rings (SSSR count). The molecular formula is C23H22O4. The van der Waals surface area contributed by atoms with E-state index in [1.165, 1.54) is 6.07 Å². The van der Waals surface area contributed by atoms with Crippen LogP contribution in [0.5, 0.6) is 5.75 Å². The monoisotopic (exact) mass is 362 g/mol. The van der Waals surface area contributed by atoms with Crippen molar-refractivity contribution in [2.75, 3.05) is 0 Å². The van der Waals surface area contributed by atoms with Gasteiger partial charge in [0.15, 0.2) is 5.78 Å². The predicted octanol–water partition coefficient (Wildman–Crippen LogP) is 5.07. The molecule has 1 unspecified atom stereocenters. The maximum atomic E-state index is 13.0. The molecule has 0 N–H and O–H groups in total. The van der Waals surface area contributed by atoms with E-state index in [1.807, 2.05) is 38.1 Å². The second kappa shape index (κ2) is 6.69. The first-order chi connectivity index (χ1) is 13.0. The van der Waals surface area contributed by atoms with Crippen LogP contribution in [0, 0.1) is 13.8 Å². The fourth-order valence-electron chi connectivity index (χ4n) is 3.85. The highest BCUT2D eigenvalue weighted by atomic mass is 16.5. The van der Waals surface area contributed by atoms with Crippen molar-refractivity contribution in [1.29, 1.82) is 0 Å². The summed E-state index contributed by atoms with van der Waals surface area (Å²) in [5, 5.41) is 0.752. The highest BCUT2D eigenvalue weighted by molar-refractivity contribution is 6.07. The lowest BCUT2D eigenvalue weighted by atomic mass is 9.90. The molecule has 1 aliphatic heterocycles. The van der Waals surface area contributed by atoms with E-state index < -0.39 is 0 Å². The lowest BCUT2D eigenvalue weighted by molar-refractivity contribution is 0.0852. The van der Waals surface area contributed by atoms with E-state index in [4.69, 9.17) is 9.15 Å². The van der Waals surface area contributed by atoms with Crippen LogP contribution >= 0.6 is 0 Å². The van der Waals surface area contributed by atoms with Crippen molar-refractivity contribution in [3.05, 3.63) is 74.6 Å². The van der Waals surface area contributed by atoms with Gasteiger partial charge in [-0.2, -0.15) is 0 Å². The summed E-state index contributed by atoms with van der Waals surface area (Å²) in [5.74, 6) is 0.619. The summed E-state index contributed by atoms with van der Waals surface area (Å²) in [6, 6.07) is 11.4. The van der Waals surface area contributed by atoms with Gasteiger partial charge in [0.1, 0.15) is 17.4 Å². The summed E-state index contributed by atoms with van der Waals surface area (Å²) in [6.45, 7) is 5.95. The molecule has 0 aliphatic carbocycles. The molecule has 0 radical (unpaired) electrons. The van der Waals surface area contributed by atoms with Gasteiger partial charge in [-0.1, -0.05) is 43.2 Å². The van der Waals surface area contributed by atoms with Crippen molar-refractivity contribution in [2.24, 2.45) is 0 Å². The van der Waals surface area contributed by atoms with Crippen LogP contribution in [0.1, 0.15) is 58.5 Å². The van der Waals surface area contributed by atoms with Gasteiger partial charge in [-0.25, -0.2) is 4.79 Å². The summed E-state index contributed by atoms with van der Waals surface area (Å²) >= 11 is 0. The third kappa shape index (κ3) is 3.05. The van der Waals surface area contributed by atoms with Crippen molar-refractivity contribution < 1.29 is 13.9 Å². The molecule has 3 aromatic rings. The minimum absolute atomic E-state index is 0.0647. The van der Waals surface area contributed by atoms with Gasteiger partial charge >= 0.3 is 5.63 Å². The van der Waals surface area contributed by atoms with Crippen molar-refractivity contribution in [1.82, 2.24) is 0 Å². The molecule has 0 saturated heterocycles. The Balaban J connectivity index is 1.94. The molecule has 1 atom stereocenters. The zero-order chi connectivity index (χ0) is 19.1. The van der Waals surface area contributed by atoms with E-state index in [0.29, 0.717) is 23.3 Å². The first-order valence-corrected chi connectivity index (χ1v) is 9.34. The van der Waals surface area contributed by atoms with Crippen LogP contribution in [-0.2, 0) is 6.42 Å². The van der Waals surface area contributed by atoms with Gasteiger partial charge in [-0.15, -0.1) is 0 Å². The molecule has 0 bridgehead atoms. The number of Topliss-reactive ketones (excluding diaryl/α,β-unsaturated/α-hetero) is 1. The lowest BCUT2D eigenvalue weighted by Gasteiger charge is -2.28. The third-order valence-corrected chi connectivity index (χ3v) is 5.14. The van der Waals surface area contributed by atoms with Crippen molar-refractivity contribution >= 4 is 16.8 Å². The average Bonchev–Trinajstić information content (AvgIpc) is 2.61. The number of aryl methyl sites for hydroxylation is 3. The Kier molecular flexibility index (Phi) is 4.34. The van der Waals surface area contributed by atoms with Crippen molar-refractivity contribution in [2.45, 2.75) is 46.1 Å². The number of benzene rings is 2. The molecule has 0 amide bonds. The second-order valence-corrected chi connectivity index (χ2v) is 7.26. The quantitative estimate of drug-likeness (QED) is 0.611. The van der Waals surface area contributed by atoms with Crippen LogP contribution in [0.4, 0.5) is 0 Å². The molecule has 4 heteroatoms. The standard InChI is InChI=1S/C23H22O4/c1-4-5-16-11-20(25)26-19-10-14(3)21-17(24)12-18(27-23(21)22(16)19)15-8-6-13(2)7-9-15/h6-11,18H,4-5,12H2,1-3H3. The van der Waals surface area contributed by atoms with E-state index in [-0.39, 0.29) is 17.5 Å². The topological polar surface area (TPSA) is 56.5 Å². The first-order valence-electron chi connectivity index (χ1n) is 9.34. The van der Waals surface area contributed by atoms with Crippen LogP contribution in [0.25, 0.3) is 11.0 Å². The van der Waals surface area contributed by atoms with E-state index in [0.717, 1.165) is 40.5 Å². The zero-order valence-electron chi connectivity index (χ0n) is 15.8. The SMILES string of the molecule is CCCc1cc(=O)oc2cc(C)c3c(c12)OC(c1ccc(C)cc1)CC3=O. The van der Waals surface area contributed by atoms with Gasteiger partial charge in [-0.3, -0.25) is 4.79 Å². The molecule has 27 heavy (non-hydrogen) atoms. The maximum Gasteiger partial charge on any atom is 0.336 e. The van der Waals surface area contributed by atoms with Crippen LogP contribution in [0.3, 0.4) is 0 Å². The van der Waals surface area contributed by atoms with Gasteiger partial charge in [0.05, 0.1) is 17.4 Å². The molecular weight excluding hydrogens is 340 g/mol. The number of rotatable bonds is 3. The number of hydrogen-bond acceptors (Lipinski definition) is 4. The number of fused-ring (bicyclic) bond motifs is 3. The third-order valence-electron chi connectivity index (χ3n) is 5.14. The summed E-state index contributed by atoms with van der Waals surface area (Å²) in [4.78, 5) is 24.9. The molecule has 138 valence electrons. The number of carbonyl (C=O) groups is 1. The van der Waals surface area contributed by atoms with Crippen LogP contribution in [0.2, 0.25) is 0 Å². The Morgan fingerprint density at radius 2 is 1.81 bits per heavy atom. The summed E-state index contributed by atoms with van der Waals surface area (Å²) in [7, 11) is 0. The fraction of sp³-hybridized carbons (Fsp3) is 0.304. The van der Waals surface area contributed by atoms with Gasteiger partial charge in [0.25, 0.3) is 0 Å². The Hall–Kier alpha value is -2.88. The van der Waals surface area contributed by atoms with E-state index in [1.54, 1.807) is 6.07 Å². The highest BCUT2D eigenvalue weighted by Crippen LogP contribution is 2.42. The van der Waals surface area contributed by atoms with E-state index in [9.17, 15) is 9.59 Å². The smallest absolute Gasteiger partial charge is 0.336 e.